The van der Waals surface area contributed by atoms with E-state index in [0.717, 1.165) is 19.3 Å². The molecule has 0 aromatic carbocycles. The maximum absolute atomic E-state index is 11.2. The minimum absolute atomic E-state index is 0.659. The molecule has 0 saturated carbocycles. The quantitative estimate of drug-likeness (QED) is 0.542. The number of hydrogen-bond donors (Lipinski definition) is 0. The van der Waals surface area contributed by atoms with Crippen LogP contribution in [0, 0.1) is 0 Å². The van der Waals surface area contributed by atoms with Crippen molar-refractivity contribution in [3.63, 3.8) is 0 Å². The molecule has 1 unspecified atom stereocenters. The third-order valence-corrected chi connectivity index (χ3v) is 2.93. The Hall–Kier alpha value is 0.110. The Labute approximate surface area is 84.7 Å². The molecular formula is C10H22O2S. The van der Waals surface area contributed by atoms with Crippen molar-refractivity contribution in [1.29, 1.82) is 0 Å². The second kappa shape index (κ2) is 10.2. The van der Waals surface area contributed by atoms with Gasteiger partial charge in [-0.15, -0.1) is 0 Å². The fraction of sp³-hybridized carbons (Fsp3) is 1.00. The van der Waals surface area contributed by atoms with Crippen molar-refractivity contribution in [2.24, 2.45) is 0 Å². The van der Waals surface area contributed by atoms with E-state index in [4.69, 9.17) is 4.18 Å². The van der Waals surface area contributed by atoms with Crippen LogP contribution in [0.4, 0.5) is 0 Å². The van der Waals surface area contributed by atoms with Crippen molar-refractivity contribution in [2.75, 3.05) is 12.4 Å². The summed E-state index contributed by atoms with van der Waals surface area (Å²) in [5.74, 6) is 0.708. The molecule has 0 fully saturated rings. The summed E-state index contributed by atoms with van der Waals surface area (Å²) < 4.78 is 16.3. The van der Waals surface area contributed by atoms with Gasteiger partial charge < -0.3 is 0 Å². The Morgan fingerprint density at radius 1 is 1.00 bits per heavy atom. The first kappa shape index (κ1) is 13.1. The van der Waals surface area contributed by atoms with E-state index < -0.39 is 11.1 Å². The largest absolute Gasteiger partial charge is 0.291 e. The normalized spacial score (nSPS) is 13.1. The van der Waals surface area contributed by atoms with Crippen LogP contribution in [0.2, 0.25) is 0 Å². The van der Waals surface area contributed by atoms with E-state index in [1.165, 1.54) is 19.3 Å². The van der Waals surface area contributed by atoms with Crippen molar-refractivity contribution < 1.29 is 8.39 Å². The Bertz CT molecular complexity index is 126. The summed E-state index contributed by atoms with van der Waals surface area (Å²) in [4.78, 5) is 0. The minimum Gasteiger partial charge on any atom is -0.291 e. The molecule has 0 aromatic heterocycles. The van der Waals surface area contributed by atoms with Gasteiger partial charge in [0.1, 0.15) is 0 Å². The average Bonchev–Trinajstić information content (AvgIpc) is 2.13. The smallest absolute Gasteiger partial charge is 0.155 e. The SMILES string of the molecule is CCCCCOS(=O)CCCCC. The van der Waals surface area contributed by atoms with Gasteiger partial charge in [0, 0.05) is 5.75 Å². The van der Waals surface area contributed by atoms with E-state index in [9.17, 15) is 4.21 Å². The lowest BCUT2D eigenvalue weighted by molar-refractivity contribution is 0.334. The van der Waals surface area contributed by atoms with Gasteiger partial charge in [-0.2, -0.15) is 0 Å². The highest BCUT2D eigenvalue weighted by Gasteiger charge is 1.98. The molecule has 0 amide bonds. The lowest BCUT2D eigenvalue weighted by atomic mass is 10.3. The molecular weight excluding hydrogens is 184 g/mol. The topological polar surface area (TPSA) is 26.3 Å². The fourth-order valence-corrected chi connectivity index (χ4v) is 1.89. The standard InChI is InChI=1S/C10H22O2S/c1-3-5-7-9-12-13(11)10-8-6-4-2/h3-10H2,1-2H3. The summed E-state index contributed by atoms with van der Waals surface area (Å²) in [7, 11) is 0. The molecule has 0 rings (SSSR count). The van der Waals surface area contributed by atoms with Gasteiger partial charge in [-0.3, -0.25) is 4.18 Å². The summed E-state index contributed by atoms with van der Waals surface area (Å²) in [6, 6.07) is 0. The molecule has 0 heterocycles. The molecule has 3 heteroatoms. The molecule has 13 heavy (non-hydrogen) atoms. The van der Waals surface area contributed by atoms with Crippen LogP contribution in [0.3, 0.4) is 0 Å². The van der Waals surface area contributed by atoms with Gasteiger partial charge in [-0.05, 0) is 12.8 Å². The first-order valence-corrected chi connectivity index (χ1v) is 6.57. The molecule has 0 N–H and O–H groups in total. The zero-order chi connectivity index (χ0) is 9.94. The maximum Gasteiger partial charge on any atom is 0.155 e. The van der Waals surface area contributed by atoms with Crippen LogP contribution in [0.5, 0.6) is 0 Å². The molecule has 1 atom stereocenters. The highest BCUT2D eigenvalue weighted by molar-refractivity contribution is 7.80. The van der Waals surface area contributed by atoms with Gasteiger partial charge in [0.05, 0.1) is 6.61 Å². The number of unbranched alkanes of at least 4 members (excludes halogenated alkanes) is 4. The van der Waals surface area contributed by atoms with Gasteiger partial charge in [-0.25, -0.2) is 4.21 Å². The zero-order valence-electron chi connectivity index (χ0n) is 8.88. The molecule has 2 nitrogen and oxygen atoms in total. The fourth-order valence-electron chi connectivity index (χ4n) is 1.03. The average molecular weight is 206 g/mol. The van der Waals surface area contributed by atoms with Crippen molar-refractivity contribution in [3.8, 4) is 0 Å². The van der Waals surface area contributed by atoms with Crippen LogP contribution in [-0.4, -0.2) is 16.6 Å². The maximum atomic E-state index is 11.2. The minimum atomic E-state index is -1.02. The van der Waals surface area contributed by atoms with Crippen molar-refractivity contribution in [3.05, 3.63) is 0 Å². The molecule has 0 aromatic rings. The third kappa shape index (κ3) is 10.0. The van der Waals surface area contributed by atoms with E-state index >= 15 is 0 Å². The van der Waals surface area contributed by atoms with E-state index in [-0.39, 0.29) is 0 Å². The molecule has 0 saturated heterocycles. The number of rotatable bonds is 9. The van der Waals surface area contributed by atoms with E-state index in [1.54, 1.807) is 0 Å². The van der Waals surface area contributed by atoms with Gasteiger partial charge in [0.15, 0.2) is 11.1 Å². The van der Waals surface area contributed by atoms with E-state index in [0.29, 0.717) is 12.4 Å². The van der Waals surface area contributed by atoms with Crippen LogP contribution in [-0.2, 0) is 15.3 Å². The highest BCUT2D eigenvalue weighted by atomic mass is 32.2. The summed E-state index contributed by atoms with van der Waals surface area (Å²) in [5, 5.41) is 0. The molecule has 0 aliphatic rings. The van der Waals surface area contributed by atoms with Crippen LogP contribution in [0.15, 0.2) is 0 Å². The predicted octanol–water partition coefficient (Wildman–Crippen LogP) is 3.05. The second-order valence-corrected chi connectivity index (χ2v) is 4.50. The lowest BCUT2D eigenvalue weighted by Crippen LogP contribution is -2.03. The van der Waals surface area contributed by atoms with Crippen LogP contribution in [0.25, 0.3) is 0 Å². The summed E-state index contributed by atoms with van der Waals surface area (Å²) >= 11 is -1.02. The van der Waals surface area contributed by atoms with Crippen LogP contribution >= 0.6 is 0 Å². The predicted molar refractivity (Wildman–Crippen MR) is 58.0 cm³/mol. The van der Waals surface area contributed by atoms with Gasteiger partial charge >= 0.3 is 0 Å². The summed E-state index contributed by atoms with van der Waals surface area (Å²) in [5.41, 5.74) is 0. The molecule has 0 aliphatic heterocycles. The van der Waals surface area contributed by atoms with E-state index in [2.05, 4.69) is 13.8 Å². The third-order valence-electron chi connectivity index (χ3n) is 1.88. The summed E-state index contributed by atoms with van der Waals surface area (Å²) in [6.07, 6.45) is 6.75. The van der Waals surface area contributed by atoms with Crippen LogP contribution in [0.1, 0.15) is 52.4 Å². The molecule has 0 aliphatic carbocycles. The Balaban J connectivity index is 3.11. The molecule has 0 spiro atoms. The van der Waals surface area contributed by atoms with Crippen LogP contribution < -0.4 is 0 Å². The first-order chi connectivity index (χ1) is 6.31. The van der Waals surface area contributed by atoms with Gasteiger partial charge in [0.25, 0.3) is 0 Å². The van der Waals surface area contributed by atoms with Crippen molar-refractivity contribution >= 4 is 11.1 Å². The lowest BCUT2D eigenvalue weighted by Gasteiger charge is -2.02. The van der Waals surface area contributed by atoms with Gasteiger partial charge in [0.2, 0.25) is 0 Å². The van der Waals surface area contributed by atoms with Crippen molar-refractivity contribution in [2.45, 2.75) is 52.4 Å². The highest BCUT2D eigenvalue weighted by Crippen LogP contribution is 2.00. The zero-order valence-corrected chi connectivity index (χ0v) is 9.70. The van der Waals surface area contributed by atoms with Crippen molar-refractivity contribution in [1.82, 2.24) is 0 Å². The Kier molecular flexibility index (Phi) is 10.3. The molecule has 0 bridgehead atoms. The monoisotopic (exact) mass is 206 g/mol. The summed E-state index contributed by atoms with van der Waals surface area (Å²) in [6.45, 7) is 4.95. The van der Waals surface area contributed by atoms with E-state index in [1.807, 2.05) is 0 Å². The van der Waals surface area contributed by atoms with Gasteiger partial charge in [-0.1, -0.05) is 39.5 Å². The first-order valence-electron chi connectivity index (χ1n) is 5.32. The number of hydrogen-bond acceptors (Lipinski definition) is 2. The Morgan fingerprint density at radius 3 is 2.23 bits per heavy atom. The Morgan fingerprint density at radius 2 is 1.62 bits per heavy atom. The molecule has 80 valence electrons. The molecule has 0 radical (unpaired) electrons. The second-order valence-electron chi connectivity index (χ2n) is 3.24.